The number of nitrogens with one attached hydrogen (secondary N) is 5. The maximum absolute atomic E-state index is 14.5. The lowest BCUT2D eigenvalue weighted by molar-refractivity contribution is -0.292. The molecule has 1 spiro atoms. The van der Waals surface area contributed by atoms with Crippen molar-refractivity contribution < 1.29 is 86.1 Å². The number of carbonyl (C=O) groups is 8. The van der Waals surface area contributed by atoms with Crippen LogP contribution < -0.4 is 26.6 Å². The molecule has 11 heterocycles. The van der Waals surface area contributed by atoms with Gasteiger partial charge in [0.1, 0.15) is 48.6 Å². The van der Waals surface area contributed by atoms with Crippen molar-refractivity contribution in [2.45, 2.75) is 219 Å². The zero-order valence-electron chi connectivity index (χ0n) is 49.6. The lowest BCUT2D eigenvalue weighted by Crippen LogP contribution is -2.61. The van der Waals surface area contributed by atoms with E-state index in [0.29, 0.717) is 44.0 Å². The third-order valence-electron chi connectivity index (χ3n) is 19.2. The average molecular weight is 1210 g/mol. The molecule has 12 bridgehead atoms. The quantitative estimate of drug-likeness (QED) is 0.0604. The van der Waals surface area contributed by atoms with E-state index in [-0.39, 0.29) is 124 Å². The van der Waals surface area contributed by atoms with Crippen molar-refractivity contribution in [1.82, 2.24) is 31.5 Å². The third kappa shape index (κ3) is 14.7. The highest BCUT2D eigenvalue weighted by Gasteiger charge is 2.69. The summed E-state index contributed by atoms with van der Waals surface area (Å²) in [6.45, 7) is 9.82. The lowest BCUT2D eigenvalue weighted by atomic mass is 9.81. The van der Waals surface area contributed by atoms with Crippen LogP contribution in [0.15, 0.2) is 66.8 Å². The number of carbonyl (C=O) groups excluding carboxylic acids is 8. The number of hydrogen-bond donors (Lipinski definition) is 6. The molecule has 474 valence electrons. The Bertz CT molecular complexity index is 2770. The monoisotopic (exact) mass is 1210 g/mol. The van der Waals surface area contributed by atoms with Gasteiger partial charge in [-0.3, -0.25) is 38.5 Å². The number of aliphatic hydroxyl groups excluding tert-OH is 1. The van der Waals surface area contributed by atoms with Crippen LogP contribution in [0.4, 0.5) is 0 Å². The van der Waals surface area contributed by atoms with E-state index in [1.54, 1.807) is 37.4 Å². The Hall–Kier alpha value is -5.64. The summed E-state index contributed by atoms with van der Waals surface area (Å²) in [4.78, 5) is 103. The minimum absolute atomic E-state index is 0.00737. The number of aliphatic hydroxyl groups is 1. The van der Waals surface area contributed by atoms with Crippen LogP contribution in [0.5, 0.6) is 0 Å². The van der Waals surface area contributed by atoms with Crippen LogP contribution in [0.3, 0.4) is 0 Å². The highest BCUT2D eigenvalue weighted by atomic mass is 16.8. The van der Waals surface area contributed by atoms with E-state index in [0.717, 1.165) is 60.3 Å². The van der Waals surface area contributed by atoms with E-state index < -0.39 is 109 Å². The second-order valence-electron chi connectivity index (χ2n) is 25.4. The molecular formula is C63H84N6O18. The standard InChI is InChI=1S/C63H84N6O18/c1-33-20-40-10-12-45-34(2)21-42(80-45)16-18-63-27-50-58(86-63)59-60(85-50)61(87-63)57-46(84-59)13-11-41(82-57)23-38(71)24-43-48(26-47(81-40)35(33)3)83-49(56(43)79-4)25-39(72)29-64-28-37(32-70)67-62(78)44(22-36-8-6-5-7-9-36)68-53(75)31-66-52(74)30-65-51(73)17-19-69-54(76)14-15-55(69)77/h5-9,14-15,32-33,37,39-50,56-61,64,72H,2-3,10-13,16-31H2,1,4H3,(H,65,73)(H,66,74)(H,67,78)(H,68,75)/t33-,37?,39+,40+,41-,42+,43+,44+,45+,46+,47-,48+,49-,50?,56-,57+,58+,59?,60?,61+,63+/m1/s1. The van der Waals surface area contributed by atoms with Crippen LogP contribution in [0.25, 0.3) is 0 Å². The van der Waals surface area contributed by atoms with Crippen molar-refractivity contribution in [3.05, 3.63) is 72.4 Å². The van der Waals surface area contributed by atoms with Crippen LogP contribution in [-0.2, 0) is 87.4 Å². The van der Waals surface area contributed by atoms with Crippen molar-refractivity contribution >= 4 is 47.5 Å². The average Bonchev–Trinajstić information content (AvgIpc) is 1.59. The van der Waals surface area contributed by atoms with Gasteiger partial charge in [-0.15, -0.1) is 0 Å². The van der Waals surface area contributed by atoms with Crippen molar-refractivity contribution in [2.24, 2.45) is 11.8 Å². The van der Waals surface area contributed by atoms with Crippen LogP contribution >= 0.6 is 0 Å². The van der Waals surface area contributed by atoms with Gasteiger partial charge in [0.05, 0.1) is 86.3 Å². The van der Waals surface area contributed by atoms with E-state index in [1.165, 1.54) is 0 Å². The van der Waals surface area contributed by atoms with Crippen LogP contribution in [-0.4, -0.2) is 213 Å². The molecule has 0 saturated carbocycles. The summed E-state index contributed by atoms with van der Waals surface area (Å²) in [6, 6.07) is 6.60. The van der Waals surface area contributed by atoms with Gasteiger partial charge in [0.15, 0.2) is 5.79 Å². The number of ether oxygens (including phenoxy) is 9. The number of imide groups is 1. The first kappa shape index (κ1) is 62.9. The van der Waals surface area contributed by atoms with Gasteiger partial charge in [0.2, 0.25) is 23.6 Å². The summed E-state index contributed by atoms with van der Waals surface area (Å²) in [6.07, 6.45) is 3.90. The molecule has 10 saturated heterocycles. The summed E-state index contributed by atoms with van der Waals surface area (Å²) in [5.74, 6) is -4.92. The van der Waals surface area contributed by atoms with Crippen molar-refractivity contribution in [1.29, 1.82) is 0 Å². The van der Waals surface area contributed by atoms with Crippen molar-refractivity contribution in [2.75, 3.05) is 39.8 Å². The van der Waals surface area contributed by atoms with Gasteiger partial charge in [-0.1, -0.05) is 50.4 Å². The van der Waals surface area contributed by atoms with Crippen LogP contribution in [0.1, 0.15) is 102 Å². The first-order chi connectivity index (χ1) is 41.9. The molecule has 21 atom stereocenters. The Morgan fingerprint density at radius 2 is 1.46 bits per heavy atom. The van der Waals surface area contributed by atoms with Gasteiger partial charge >= 0.3 is 0 Å². The second kappa shape index (κ2) is 27.6. The van der Waals surface area contributed by atoms with E-state index in [9.17, 15) is 43.5 Å². The molecule has 6 amide bonds. The van der Waals surface area contributed by atoms with Crippen LogP contribution in [0.2, 0.25) is 0 Å². The summed E-state index contributed by atoms with van der Waals surface area (Å²) >= 11 is 0. The number of ketones is 1. The topological polar surface area (TPSA) is 303 Å². The molecule has 0 aromatic heterocycles. The maximum Gasteiger partial charge on any atom is 0.253 e. The molecule has 87 heavy (non-hydrogen) atoms. The Morgan fingerprint density at radius 3 is 2.24 bits per heavy atom. The number of methoxy groups -OCH3 is 1. The number of aldehydes is 1. The number of fused-ring (bicyclic) bond motifs is 6. The largest absolute Gasteiger partial charge is 0.392 e. The predicted octanol–water partition coefficient (Wildman–Crippen LogP) is 1.03. The minimum atomic E-state index is -1.18. The van der Waals surface area contributed by atoms with Gasteiger partial charge in [-0.05, 0) is 67.6 Å². The molecule has 0 radical (unpaired) electrons. The molecule has 24 heteroatoms. The van der Waals surface area contributed by atoms with Gasteiger partial charge < -0.3 is 79.1 Å². The van der Waals surface area contributed by atoms with Crippen molar-refractivity contribution in [3.63, 3.8) is 0 Å². The van der Waals surface area contributed by atoms with Gasteiger partial charge in [0, 0.05) is 96.2 Å². The highest BCUT2D eigenvalue weighted by Crippen LogP contribution is 2.54. The Balaban J connectivity index is 0.705. The number of rotatable bonds is 20. The minimum Gasteiger partial charge on any atom is -0.392 e. The molecule has 10 fully saturated rings. The van der Waals surface area contributed by atoms with Crippen LogP contribution in [0, 0.1) is 11.8 Å². The fourth-order valence-corrected chi connectivity index (χ4v) is 14.8. The van der Waals surface area contributed by atoms with Crippen molar-refractivity contribution in [3.8, 4) is 0 Å². The fourth-order valence-electron chi connectivity index (χ4n) is 14.8. The van der Waals surface area contributed by atoms with Gasteiger partial charge in [0.25, 0.3) is 11.8 Å². The third-order valence-corrected chi connectivity index (χ3v) is 19.2. The zero-order chi connectivity index (χ0) is 61.1. The molecule has 1 aromatic carbocycles. The second-order valence-corrected chi connectivity index (χ2v) is 25.4. The Kier molecular flexibility index (Phi) is 20.0. The molecule has 24 nitrogen and oxygen atoms in total. The molecule has 4 unspecified atom stereocenters. The molecule has 11 aliphatic rings. The summed E-state index contributed by atoms with van der Waals surface area (Å²) in [5.41, 5.74) is 2.73. The maximum atomic E-state index is 14.5. The predicted molar refractivity (Wildman–Crippen MR) is 307 cm³/mol. The first-order valence-electron chi connectivity index (χ1n) is 31.2. The fraction of sp³-hybridized carbons (Fsp3) is 0.683. The normalized spacial score (nSPS) is 37.2. The molecule has 11 aliphatic heterocycles. The zero-order valence-corrected chi connectivity index (χ0v) is 49.6. The number of hydrogen-bond acceptors (Lipinski definition) is 19. The molecule has 0 aliphatic carbocycles. The molecule has 6 N–H and O–H groups in total. The number of Topliss-reactive ketones (excluding diaryl/α,β-unsaturated/α-hetero) is 1. The smallest absolute Gasteiger partial charge is 0.253 e. The lowest BCUT2D eigenvalue weighted by Gasteiger charge is -2.47. The molecular weight excluding hydrogens is 1130 g/mol. The summed E-state index contributed by atoms with van der Waals surface area (Å²) in [7, 11) is 1.58. The van der Waals surface area contributed by atoms with Gasteiger partial charge in [-0.25, -0.2) is 0 Å². The van der Waals surface area contributed by atoms with E-state index in [4.69, 9.17) is 42.6 Å². The Morgan fingerprint density at radius 1 is 0.747 bits per heavy atom. The SMILES string of the molecule is C=C1C[C@@H]2CC[C@@]34CC5OC6C(O[C@H]7CC[C@H](CC(=O)C[C@@H]8[C@@H](OC)[C@@H](C[C@H](O)CNCC(C=O)NC(=O)[C@H](Cc9ccccc9)NC(=O)CNC(=O)CNC(=O)CCN9C(=O)C=CC9=O)O[C@H]8C[C@H]8O[C@@H](CC[C@@H]1O2)C[C@@H](C)C8=C)O[C@@H]7[C@@H]6O3)[C@H]5O4. The highest BCUT2D eigenvalue weighted by molar-refractivity contribution is 6.13. The summed E-state index contributed by atoms with van der Waals surface area (Å²) < 4.78 is 60.8. The number of amides is 6. The summed E-state index contributed by atoms with van der Waals surface area (Å²) in [5, 5.41) is 24.8. The number of nitrogens with zero attached hydrogens (tertiary/aromatic N) is 1. The van der Waals surface area contributed by atoms with E-state index in [1.807, 2.05) is 0 Å². The molecule has 1 aromatic rings. The first-order valence-corrected chi connectivity index (χ1v) is 31.2. The van der Waals surface area contributed by atoms with E-state index in [2.05, 4.69) is 46.7 Å². The molecule has 12 rings (SSSR count). The van der Waals surface area contributed by atoms with Gasteiger partial charge in [-0.2, -0.15) is 0 Å². The Labute approximate surface area is 506 Å². The van der Waals surface area contributed by atoms with E-state index >= 15 is 0 Å². The number of benzene rings is 1.